The second kappa shape index (κ2) is 6.58. The zero-order valence-electron chi connectivity index (χ0n) is 11.5. The highest BCUT2D eigenvalue weighted by Gasteiger charge is 2.28. The number of nitrogens with zero attached hydrogens (tertiary/aromatic N) is 3. The molecule has 104 valence electrons. The van der Waals surface area contributed by atoms with Gasteiger partial charge in [0.15, 0.2) is 5.84 Å². The Labute approximate surface area is 108 Å². The third kappa shape index (κ3) is 3.35. The Bertz CT molecular complexity index is 319. The van der Waals surface area contributed by atoms with Gasteiger partial charge in [-0.25, -0.2) is 0 Å². The molecule has 0 radical (unpaired) electrons. The van der Waals surface area contributed by atoms with Crippen molar-refractivity contribution in [2.45, 2.75) is 32.7 Å². The van der Waals surface area contributed by atoms with Crippen molar-refractivity contribution >= 4 is 11.7 Å². The van der Waals surface area contributed by atoms with Crippen LogP contribution in [0.4, 0.5) is 0 Å². The summed E-state index contributed by atoms with van der Waals surface area (Å²) in [7, 11) is 1.77. The second-order valence-corrected chi connectivity index (χ2v) is 4.89. The number of likely N-dealkylation sites (N-methyl/N-ethyl adjacent to an activating group) is 2. The molecule has 1 rings (SSSR count). The highest BCUT2D eigenvalue weighted by Crippen LogP contribution is 2.17. The molecular formula is C12H24N4O2. The third-order valence-electron chi connectivity index (χ3n) is 3.70. The molecule has 3 N–H and O–H groups in total. The van der Waals surface area contributed by atoms with Gasteiger partial charge in [0.2, 0.25) is 5.91 Å². The van der Waals surface area contributed by atoms with Crippen LogP contribution in [-0.2, 0) is 4.79 Å². The smallest absolute Gasteiger partial charge is 0.232 e. The van der Waals surface area contributed by atoms with Gasteiger partial charge in [0.1, 0.15) is 0 Å². The summed E-state index contributed by atoms with van der Waals surface area (Å²) < 4.78 is 0. The van der Waals surface area contributed by atoms with Gasteiger partial charge in [-0.05, 0) is 32.9 Å². The lowest BCUT2D eigenvalue weighted by Crippen LogP contribution is -2.45. The molecule has 6 heteroatoms. The number of carbonyl (C=O) groups excluding carboxylic acids is 1. The molecule has 0 aromatic carbocycles. The first kappa shape index (κ1) is 14.8. The summed E-state index contributed by atoms with van der Waals surface area (Å²) in [5.74, 6) is -0.713. The number of oxime groups is 1. The average Bonchev–Trinajstić information content (AvgIpc) is 2.82. The maximum atomic E-state index is 12.1. The van der Waals surface area contributed by atoms with Crippen molar-refractivity contribution in [3.8, 4) is 0 Å². The van der Waals surface area contributed by atoms with Gasteiger partial charge < -0.3 is 15.8 Å². The Morgan fingerprint density at radius 3 is 2.89 bits per heavy atom. The average molecular weight is 256 g/mol. The minimum Gasteiger partial charge on any atom is -0.409 e. The van der Waals surface area contributed by atoms with E-state index in [0.29, 0.717) is 12.6 Å². The van der Waals surface area contributed by atoms with Gasteiger partial charge in [-0.1, -0.05) is 12.1 Å². The molecule has 2 atom stereocenters. The molecule has 18 heavy (non-hydrogen) atoms. The van der Waals surface area contributed by atoms with Crippen LogP contribution in [0, 0.1) is 5.92 Å². The van der Waals surface area contributed by atoms with E-state index in [2.05, 4.69) is 17.0 Å². The van der Waals surface area contributed by atoms with Crippen molar-refractivity contribution in [2.24, 2.45) is 16.8 Å². The molecule has 0 saturated carbocycles. The molecule has 6 nitrogen and oxygen atoms in total. The predicted molar refractivity (Wildman–Crippen MR) is 70.5 cm³/mol. The Hall–Kier alpha value is -1.30. The van der Waals surface area contributed by atoms with E-state index in [1.165, 1.54) is 6.42 Å². The normalized spacial score (nSPS) is 23.1. The summed E-state index contributed by atoms with van der Waals surface area (Å²) in [4.78, 5) is 16.1. The van der Waals surface area contributed by atoms with Gasteiger partial charge >= 0.3 is 0 Å². The molecule has 1 heterocycles. The van der Waals surface area contributed by atoms with Gasteiger partial charge in [0, 0.05) is 19.6 Å². The molecule has 1 amide bonds. The third-order valence-corrected chi connectivity index (χ3v) is 3.70. The van der Waals surface area contributed by atoms with Crippen LogP contribution in [0.5, 0.6) is 0 Å². The molecule has 0 bridgehead atoms. The Morgan fingerprint density at radius 2 is 2.33 bits per heavy atom. The number of rotatable bonds is 5. The minimum absolute atomic E-state index is 0.0365. The van der Waals surface area contributed by atoms with E-state index in [1.807, 2.05) is 0 Å². The van der Waals surface area contributed by atoms with Crippen molar-refractivity contribution in [2.75, 3.05) is 26.7 Å². The molecule has 0 spiro atoms. The van der Waals surface area contributed by atoms with Gasteiger partial charge in [-0.15, -0.1) is 0 Å². The van der Waals surface area contributed by atoms with Crippen molar-refractivity contribution < 1.29 is 10.0 Å². The number of hydrogen-bond acceptors (Lipinski definition) is 4. The molecule has 1 fully saturated rings. The van der Waals surface area contributed by atoms with Gasteiger partial charge in [-0.3, -0.25) is 9.69 Å². The van der Waals surface area contributed by atoms with E-state index in [1.54, 1.807) is 18.9 Å². The van der Waals surface area contributed by atoms with Gasteiger partial charge in [-0.2, -0.15) is 0 Å². The van der Waals surface area contributed by atoms with Crippen LogP contribution in [0.1, 0.15) is 26.7 Å². The van der Waals surface area contributed by atoms with E-state index in [4.69, 9.17) is 10.9 Å². The van der Waals surface area contributed by atoms with Crippen LogP contribution >= 0.6 is 0 Å². The largest absolute Gasteiger partial charge is 0.409 e. The van der Waals surface area contributed by atoms with Crippen molar-refractivity contribution in [1.29, 1.82) is 0 Å². The Morgan fingerprint density at radius 1 is 1.67 bits per heavy atom. The first-order chi connectivity index (χ1) is 8.51. The number of carbonyl (C=O) groups is 1. The van der Waals surface area contributed by atoms with E-state index in [-0.39, 0.29) is 11.7 Å². The SMILES string of the molecule is CCN1CCCC1CN(C)C(=O)C(C)C(N)=NO. The molecule has 0 aliphatic carbocycles. The molecule has 1 aliphatic heterocycles. The van der Waals surface area contributed by atoms with Crippen molar-refractivity contribution in [1.82, 2.24) is 9.80 Å². The molecule has 0 aromatic rings. The zero-order valence-corrected chi connectivity index (χ0v) is 11.5. The summed E-state index contributed by atoms with van der Waals surface area (Å²) in [6.45, 7) is 6.62. The number of amides is 1. The molecule has 1 saturated heterocycles. The van der Waals surface area contributed by atoms with Gasteiger partial charge in [0.25, 0.3) is 0 Å². The minimum atomic E-state index is -0.573. The summed E-state index contributed by atoms with van der Waals surface area (Å²) in [5.41, 5.74) is 5.46. The molecule has 0 aromatic heterocycles. The van der Waals surface area contributed by atoms with Crippen LogP contribution in [0.2, 0.25) is 0 Å². The lowest BCUT2D eigenvalue weighted by Gasteiger charge is -2.29. The van der Waals surface area contributed by atoms with Crippen LogP contribution in [0.15, 0.2) is 5.16 Å². The van der Waals surface area contributed by atoms with Crippen LogP contribution in [-0.4, -0.2) is 59.5 Å². The van der Waals surface area contributed by atoms with Crippen molar-refractivity contribution in [3.05, 3.63) is 0 Å². The molecule has 2 unspecified atom stereocenters. The highest BCUT2D eigenvalue weighted by atomic mass is 16.4. The number of hydrogen-bond donors (Lipinski definition) is 2. The molecular weight excluding hydrogens is 232 g/mol. The van der Waals surface area contributed by atoms with E-state index >= 15 is 0 Å². The monoisotopic (exact) mass is 256 g/mol. The lowest BCUT2D eigenvalue weighted by atomic mass is 10.1. The Kier molecular flexibility index (Phi) is 5.40. The van der Waals surface area contributed by atoms with Crippen LogP contribution < -0.4 is 5.73 Å². The van der Waals surface area contributed by atoms with Crippen LogP contribution in [0.25, 0.3) is 0 Å². The topological polar surface area (TPSA) is 82.2 Å². The van der Waals surface area contributed by atoms with E-state index in [0.717, 1.165) is 19.5 Å². The number of likely N-dealkylation sites (tertiary alicyclic amines) is 1. The lowest BCUT2D eigenvalue weighted by molar-refractivity contribution is -0.132. The maximum Gasteiger partial charge on any atom is 0.232 e. The first-order valence-electron chi connectivity index (χ1n) is 6.47. The second-order valence-electron chi connectivity index (χ2n) is 4.89. The van der Waals surface area contributed by atoms with E-state index < -0.39 is 5.92 Å². The van der Waals surface area contributed by atoms with Crippen molar-refractivity contribution in [3.63, 3.8) is 0 Å². The Balaban J connectivity index is 2.54. The standard InChI is InChI=1S/C12H24N4O2/c1-4-16-7-5-6-10(16)8-15(3)12(17)9(2)11(13)14-18/h9-10,18H,4-8H2,1-3H3,(H2,13,14). The van der Waals surface area contributed by atoms with Gasteiger partial charge in [0.05, 0.1) is 5.92 Å². The fraction of sp³-hybridized carbons (Fsp3) is 0.833. The number of amidine groups is 1. The van der Waals surface area contributed by atoms with E-state index in [9.17, 15) is 4.79 Å². The number of nitrogens with two attached hydrogens (primary N) is 1. The first-order valence-corrected chi connectivity index (χ1v) is 6.47. The summed E-state index contributed by atoms with van der Waals surface area (Å²) >= 11 is 0. The summed E-state index contributed by atoms with van der Waals surface area (Å²) in [5, 5.41) is 11.5. The predicted octanol–water partition coefficient (Wildman–Crippen LogP) is 0.312. The summed E-state index contributed by atoms with van der Waals surface area (Å²) in [6, 6.07) is 0.434. The zero-order chi connectivity index (χ0) is 13.7. The fourth-order valence-corrected chi connectivity index (χ4v) is 2.47. The quantitative estimate of drug-likeness (QED) is 0.321. The van der Waals surface area contributed by atoms with Crippen LogP contribution in [0.3, 0.4) is 0 Å². The highest BCUT2D eigenvalue weighted by molar-refractivity contribution is 6.01. The molecule has 1 aliphatic rings. The fourth-order valence-electron chi connectivity index (χ4n) is 2.47. The summed E-state index contributed by atoms with van der Waals surface area (Å²) in [6.07, 6.45) is 2.32. The maximum absolute atomic E-state index is 12.1.